The summed E-state index contributed by atoms with van der Waals surface area (Å²) in [5.41, 5.74) is 5.89. The Morgan fingerprint density at radius 2 is 1.81 bits per heavy atom. The van der Waals surface area contributed by atoms with Crippen LogP contribution in [0.15, 0.2) is 43.1 Å². The zero-order valence-electron chi connectivity index (χ0n) is 38.9. The number of amides is 1. The Kier molecular flexibility index (Phi) is 17.9. The van der Waals surface area contributed by atoms with Crippen LogP contribution < -0.4 is 5.73 Å². The van der Waals surface area contributed by atoms with Crippen LogP contribution in [-0.4, -0.2) is 154 Å². The topological polar surface area (TPSA) is 184 Å². The number of benzene rings is 1. The molecule has 5 rings (SSSR count). The summed E-state index contributed by atoms with van der Waals surface area (Å²) in [6, 6.07) is 6.41. The number of aliphatic hydroxyl groups is 1. The van der Waals surface area contributed by atoms with Crippen LogP contribution in [0, 0.1) is 17.8 Å². The molecule has 3 aliphatic rings. The normalized spacial score (nSPS) is 35.0. The Hall–Kier alpha value is -3.93. The molecular weight excluding hydrogens is 807 g/mol. The maximum atomic E-state index is 14.5. The summed E-state index contributed by atoms with van der Waals surface area (Å²) in [7, 11) is 7.43. The maximum Gasteiger partial charge on any atom is 0.410 e. The lowest BCUT2D eigenvalue weighted by Gasteiger charge is -2.47. The Balaban J connectivity index is 0.00000871. The van der Waals surface area contributed by atoms with Crippen molar-refractivity contribution in [3.05, 3.63) is 43.1 Å². The second kappa shape index (κ2) is 21.8. The molecule has 63 heavy (non-hydrogen) atoms. The van der Waals surface area contributed by atoms with Gasteiger partial charge in [-0.25, -0.2) is 4.79 Å². The Morgan fingerprint density at radius 3 is 2.44 bits per heavy atom. The molecular formula is C47H77N7O9. The minimum absolute atomic E-state index is 0. The Labute approximate surface area is 375 Å². The molecule has 16 heteroatoms. The minimum atomic E-state index is -1.28. The van der Waals surface area contributed by atoms with E-state index in [1.54, 1.807) is 30.5 Å². The summed E-state index contributed by atoms with van der Waals surface area (Å²) in [4.78, 5) is 48.8. The van der Waals surface area contributed by atoms with Crippen LogP contribution in [0.5, 0.6) is 0 Å². The van der Waals surface area contributed by atoms with Crippen LogP contribution in [0.1, 0.15) is 94.4 Å². The van der Waals surface area contributed by atoms with E-state index in [1.165, 1.54) is 0 Å². The number of nitrogen functional groups attached to an aromatic ring is 1. The van der Waals surface area contributed by atoms with Gasteiger partial charge < -0.3 is 44.3 Å². The van der Waals surface area contributed by atoms with Crippen LogP contribution in [0.3, 0.4) is 0 Å². The number of aryl methyl sites for hydroxylation is 1. The van der Waals surface area contributed by atoms with Gasteiger partial charge in [0.2, 0.25) is 0 Å². The number of anilines is 1. The lowest BCUT2D eigenvalue weighted by atomic mass is 9.78. The number of cyclic esters (lactones) is 1. The summed E-state index contributed by atoms with van der Waals surface area (Å²) in [5, 5.41) is 20.2. The van der Waals surface area contributed by atoms with Gasteiger partial charge >= 0.3 is 12.1 Å². The molecule has 3 fully saturated rings. The number of hydrogen-bond acceptors (Lipinski definition) is 14. The number of carbonyl (C=O) groups is 3. The zero-order chi connectivity index (χ0) is 45.7. The van der Waals surface area contributed by atoms with E-state index in [0.717, 1.165) is 11.3 Å². The van der Waals surface area contributed by atoms with Crippen LogP contribution in [0.4, 0.5) is 10.5 Å². The van der Waals surface area contributed by atoms with Crippen LogP contribution in [0.2, 0.25) is 0 Å². The molecule has 1 aromatic carbocycles. The third-order valence-corrected chi connectivity index (χ3v) is 13.5. The predicted molar refractivity (Wildman–Crippen MR) is 242 cm³/mol. The van der Waals surface area contributed by atoms with Crippen LogP contribution in [-0.2, 0) is 39.8 Å². The zero-order valence-corrected chi connectivity index (χ0v) is 38.9. The van der Waals surface area contributed by atoms with Crippen molar-refractivity contribution in [1.29, 1.82) is 0 Å². The fourth-order valence-corrected chi connectivity index (χ4v) is 10.1. The molecule has 3 aliphatic heterocycles. The van der Waals surface area contributed by atoms with Gasteiger partial charge in [-0.1, -0.05) is 51.6 Å². The number of rotatable bonds is 13. The van der Waals surface area contributed by atoms with Gasteiger partial charge in [-0.3, -0.25) is 19.2 Å². The molecule has 3 saturated heterocycles. The van der Waals surface area contributed by atoms with Gasteiger partial charge in [-0.15, -0.1) is 11.7 Å². The summed E-state index contributed by atoms with van der Waals surface area (Å²) in [6.07, 6.45) is 2.41. The first-order chi connectivity index (χ1) is 29.3. The smallest absolute Gasteiger partial charge is 0.410 e. The average Bonchev–Trinajstić information content (AvgIpc) is 3.80. The summed E-state index contributed by atoms with van der Waals surface area (Å²) in [6.45, 7) is 18.6. The van der Waals surface area contributed by atoms with E-state index in [9.17, 15) is 19.5 Å². The van der Waals surface area contributed by atoms with Gasteiger partial charge in [0.15, 0.2) is 17.7 Å². The number of methoxy groups -OCH3 is 1. The molecule has 0 spiro atoms. The van der Waals surface area contributed by atoms with Crippen molar-refractivity contribution >= 4 is 23.5 Å². The van der Waals surface area contributed by atoms with Gasteiger partial charge in [0.25, 0.3) is 0 Å². The number of aliphatic hydroxyl groups excluding tert-OH is 1. The van der Waals surface area contributed by atoms with E-state index < -0.39 is 71.5 Å². The highest BCUT2D eigenvalue weighted by Crippen LogP contribution is 2.42. The quantitative estimate of drug-likeness (QED) is 0.0807. The molecule has 2 aromatic rings. The largest absolute Gasteiger partial charge is 0.458 e. The third-order valence-electron chi connectivity index (χ3n) is 13.5. The van der Waals surface area contributed by atoms with E-state index in [-0.39, 0.29) is 31.5 Å². The molecule has 0 saturated carbocycles. The molecule has 16 nitrogen and oxygen atoms in total. The lowest BCUT2D eigenvalue weighted by molar-refractivity contribution is -0.295. The van der Waals surface area contributed by atoms with E-state index in [2.05, 4.69) is 28.7 Å². The average molecular weight is 884 g/mol. The van der Waals surface area contributed by atoms with Gasteiger partial charge in [0, 0.05) is 56.0 Å². The summed E-state index contributed by atoms with van der Waals surface area (Å²) in [5.74, 6) is -3.22. The van der Waals surface area contributed by atoms with E-state index in [4.69, 9.17) is 29.4 Å². The summed E-state index contributed by atoms with van der Waals surface area (Å²) < 4.78 is 33.7. The second-order valence-corrected chi connectivity index (χ2v) is 18.6. The van der Waals surface area contributed by atoms with Crippen molar-refractivity contribution in [2.45, 2.75) is 161 Å². The number of ketones is 1. The van der Waals surface area contributed by atoms with Crippen molar-refractivity contribution in [3.8, 4) is 11.3 Å². The molecule has 2 unspecified atom stereocenters. The number of esters is 1. The minimum Gasteiger partial charge on any atom is -0.458 e. The fourth-order valence-electron chi connectivity index (χ4n) is 10.1. The monoisotopic (exact) mass is 884 g/mol. The van der Waals surface area contributed by atoms with Gasteiger partial charge in [0.05, 0.1) is 30.0 Å². The number of nitrogens with zero attached hydrogens (tertiary/aromatic N) is 6. The molecule has 3 N–H and O–H groups in total. The molecule has 1 aromatic heterocycles. The maximum absolute atomic E-state index is 14.5. The standard InChI is InChI=1S/C46H73N7O9.CH4/c1-13-18-35-40-46(8,62-44(57)53(40)22-16-15-21-52-27-34(48-49-52)32-19-17-20-33(47)24-32)37(14-2)60-42(56)31(6)38(54)30(5)41(45(7,58-12)25-28(3)26-51(35)11)61-43-39(55)36(50(9)10)23-29(4)59-43;/h13,17,19-20,24,27-31,35-37,39-41,43,55H,1,14-16,18,21-23,25-26,47H2,2-12H3;1H4/t28-,29-,30+,31-,35-,36?,37-,39?,40-,41-,43+,45-,46-;/m1./s1. The number of fused-ring (bicyclic) bond motifs is 1. The number of ether oxygens (including phenoxy) is 5. The molecule has 13 atom stereocenters. The number of carbonyl (C=O) groups excluding carboxylic acids is 3. The third kappa shape index (κ3) is 11.5. The van der Waals surface area contributed by atoms with Crippen molar-refractivity contribution in [2.24, 2.45) is 17.8 Å². The van der Waals surface area contributed by atoms with Gasteiger partial charge in [-0.05, 0) is 105 Å². The first-order valence-corrected chi connectivity index (χ1v) is 22.3. The van der Waals surface area contributed by atoms with Crippen molar-refractivity contribution in [2.75, 3.05) is 47.1 Å². The van der Waals surface area contributed by atoms with E-state index >= 15 is 0 Å². The van der Waals surface area contributed by atoms with Crippen LogP contribution in [0.25, 0.3) is 11.3 Å². The second-order valence-electron chi connectivity index (χ2n) is 18.6. The van der Waals surface area contributed by atoms with Gasteiger partial charge in [0.1, 0.15) is 23.8 Å². The first kappa shape index (κ1) is 51.7. The van der Waals surface area contributed by atoms with Crippen molar-refractivity contribution < 1.29 is 43.2 Å². The van der Waals surface area contributed by atoms with Crippen molar-refractivity contribution in [3.63, 3.8) is 0 Å². The SMILES string of the molecule is C.C=CC[C@@H]1[C@H]2N(CCCCn3cc(-c4cccc(N)c4)nn3)C(=O)O[C@]2(C)[C@@H](CC)OC(=O)[C@H](C)C(=O)[C@H](C)[C@@H](O[C@@H]2O[C@H](C)CC(N(C)C)C2O)[C@](C)(OC)C[C@@H](C)CN1C. The number of aromatic nitrogens is 3. The number of hydrogen-bond donors (Lipinski definition) is 2. The highest BCUT2D eigenvalue weighted by atomic mass is 16.7. The molecule has 0 aliphatic carbocycles. The number of nitrogens with two attached hydrogens (primary N) is 1. The molecule has 354 valence electrons. The lowest BCUT2D eigenvalue weighted by Crippen LogP contribution is -2.61. The predicted octanol–water partition coefficient (Wildman–Crippen LogP) is 5.82. The van der Waals surface area contributed by atoms with Crippen LogP contribution >= 0.6 is 0 Å². The van der Waals surface area contributed by atoms with Crippen molar-refractivity contribution in [1.82, 2.24) is 29.7 Å². The Morgan fingerprint density at radius 1 is 1.11 bits per heavy atom. The van der Waals surface area contributed by atoms with E-state index in [1.807, 2.05) is 90.3 Å². The molecule has 4 heterocycles. The molecule has 1 amide bonds. The number of Topliss-reactive ketones (excluding diaryl/α,β-unsaturated/α-hetero) is 1. The van der Waals surface area contributed by atoms with E-state index in [0.29, 0.717) is 63.8 Å². The fraction of sp³-hybridized carbons (Fsp3) is 0.723. The number of unbranched alkanes of at least 4 members (excludes halogenated alkanes) is 1. The molecule has 0 radical (unpaired) electrons. The van der Waals surface area contributed by atoms with Gasteiger partial charge in [-0.2, -0.15) is 0 Å². The summed E-state index contributed by atoms with van der Waals surface area (Å²) >= 11 is 0. The first-order valence-electron chi connectivity index (χ1n) is 22.3. The number of likely N-dealkylation sites (N-methyl/N-ethyl adjacent to an activating group) is 2. The molecule has 0 bridgehead atoms. The highest BCUT2D eigenvalue weighted by molar-refractivity contribution is 6.00. The Bertz CT molecular complexity index is 1840. The highest BCUT2D eigenvalue weighted by Gasteiger charge is 2.60.